The molecule has 3 heterocycles. The van der Waals surface area contributed by atoms with E-state index in [1.165, 1.54) is 25.9 Å². The number of aryl methyl sites for hydroxylation is 1. The first kappa shape index (κ1) is 13.5. The van der Waals surface area contributed by atoms with Crippen LogP contribution in [0.1, 0.15) is 24.5 Å². The molecule has 2 N–H and O–H groups in total. The first-order valence-electron chi connectivity index (χ1n) is 6.04. The highest BCUT2D eigenvalue weighted by Crippen LogP contribution is 2.42. The Balaban J connectivity index is 0.000000192. The Hall–Kier alpha value is -1.89. The van der Waals surface area contributed by atoms with E-state index in [4.69, 9.17) is 24.2 Å². The molecule has 0 amide bonds. The normalized spacial score (nSPS) is 27.7. The molecule has 2 bridgehead atoms. The third-order valence-electron chi connectivity index (χ3n) is 3.60. The van der Waals surface area contributed by atoms with Crippen molar-refractivity contribution in [3.63, 3.8) is 0 Å². The lowest BCUT2D eigenvalue weighted by Crippen LogP contribution is -2.24. The van der Waals surface area contributed by atoms with Crippen LogP contribution in [0.4, 0.5) is 0 Å². The van der Waals surface area contributed by atoms with Crippen molar-refractivity contribution in [3.05, 3.63) is 17.8 Å². The fourth-order valence-corrected chi connectivity index (χ4v) is 2.61. The summed E-state index contributed by atoms with van der Waals surface area (Å²) in [5, 5.41) is 14.8. The van der Waals surface area contributed by atoms with Gasteiger partial charge in [0.25, 0.3) is 0 Å². The second kappa shape index (κ2) is 5.00. The first-order valence-corrected chi connectivity index (χ1v) is 6.04. The zero-order chi connectivity index (χ0) is 14.0. The number of carboxylic acids is 2. The molecule has 0 aliphatic carbocycles. The molecule has 2 fully saturated rings. The molecule has 0 atom stereocenters. The zero-order valence-corrected chi connectivity index (χ0v) is 10.6. The Morgan fingerprint density at radius 2 is 1.89 bits per heavy atom. The molecule has 7 nitrogen and oxygen atoms in total. The lowest BCUT2D eigenvalue weighted by molar-refractivity contribution is -0.159. The highest BCUT2D eigenvalue weighted by Gasteiger charge is 2.48. The lowest BCUT2D eigenvalue weighted by atomic mass is 9.85. The molecule has 0 unspecified atom stereocenters. The second-order valence-electron chi connectivity index (χ2n) is 4.94. The predicted octanol–water partition coefficient (Wildman–Crippen LogP) is 0.486. The molecule has 3 rings (SSSR count). The van der Waals surface area contributed by atoms with Crippen molar-refractivity contribution < 1.29 is 24.2 Å². The number of fused-ring (bicyclic) bond motifs is 2. The second-order valence-corrected chi connectivity index (χ2v) is 4.94. The average molecular weight is 268 g/mol. The molecule has 2 saturated heterocycles. The lowest BCUT2D eigenvalue weighted by Gasteiger charge is -2.20. The summed E-state index contributed by atoms with van der Waals surface area (Å²) in [6.45, 7) is 5.57. The van der Waals surface area contributed by atoms with Crippen LogP contribution in [0.25, 0.3) is 0 Å². The summed E-state index contributed by atoms with van der Waals surface area (Å²) < 4.78 is 5.65. The third-order valence-corrected chi connectivity index (χ3v) is 3.60. The van der Waals surface area contributed by atoms with Gasteiger partial charge in [0, 0.05) is 6.54 Å². The summed E-state index contributed by atoms with van der Waals surface area (Å²) in [7, 11) is 0. The fourth-order valence-electron chi connectivity index (χ4n) is 2.61. The van der Waals surface area contributed by atoms with E-state index in [1.807, 2.05) is 13.1 Å². The summed E-state index contributed by atoms with van der Waals surface area (Å²) in [5.74, 6) is -1.73. The molecule has 2 aliphatic heterocycles. The van der Waals surface area contributed by atoms with Crippen LogP contribution < -0.4 is 0 Å². The van der Waals surface area contributed by atoms with E-state index in [2.05, 4.69) is 9.88 Å². The van der Waals surface area contributed by atoms with Crippen molar-refractivity contribution in [2.75, 3.05) is 19.6 Å². The summed E-state index contributed by atoms with van der Waals surface area (Å²) in [6, 6.07) is 0. The Kier molecular flexibility index (Phi) is 3.57. The van der Waals surface area contributed by atoms with Gasteiger partial charge in [-0.2, -0.15) is 0 Å². The van der Waals surface area contributed by atoms with Crippen molar-refractivity contribution in [2.24, 2.45) is 0 Å². The van der Waals surface area contributed by atoms with Crippen LogP contribution in [-0.4, -0.2) is 51.7 Å². The molecule has 1 aromatic heterocycles. The Labute approximate surface area is 109 Å². The van der Waals surface area contributed by atoms with Crippen molar-refractivity contribution in [1.82, 2.24) is 9.88 Å². The molecule has 104 valence electrons. The van der Waals surface area contributed by atoms with Gasteiger partial charge in [-0.1, -0.05) is 0 Å². The Bertz CT molecular complexity index is 476. The van der Waals surface area contributed by atoms with Crippen LogP contribution >= 0.6 is 0 Å². The highest BCUT2D eigenvalue weighted by molar-refractivity contribution is 6.27. The molecule has 19 heavy (non-hydrogen) atoms. The minimum Gasteiger partial charge on any atom is -0.473 e. The van der Waals surface area contributed by atoms with Crippen molar-refractivity contribution >= 4 is 11.9 Å². The smallest absolute Gasteiger partial charge is 0.414 e. The molecule has 1 aromatic rings. The van der Waals surface area contributed by atoms with Crippen LogP contribution in [-0.2, 0) is 15.0 Å². The van der Waals surface area contributed by atoms with Crippen molar-refractivity contribution in [3.8, 4) is 0 Å². The fraction of sp³-hybridized carbons (Fsp3) is 0.583. The topological polar surface area (TPSA) is 104 Å². The standard InChI is InChI=1S/C10H14N2O.C2H2O4/c1-8-6-11-9(13-8)10-2-4-12(7-10)5-3-10;3-1(4)2(5)6/h6H,2-5,7H2,1H3;(H,3,4)(H,5,6). The maximum Gasteiger partial charge on any atom is 0.414 e. The molecular formula is C12H16N2O5. The van der Waals surface area contributed by atoms with E-state index in [1.54, 1.807) is 0 Å². The van der Waals surface area contributed by atoms with E-state index in [9.17, 15) is 0 Å². The summed E-state index contributed by atoms with van der Waals surface area (Å²) >= 11 is 0. The first-order chi connectivity index (χ1) is 8.93. The number of carbonyl (C=O) groups is 2. The quantitative estimate of drug-likeness (QED) is 0.714. The number of hydrogen-bond acceptors (Lipinski definition) is 5. The Morgan fingerprint density at radius 3 is 2.21 bits per heavy atom. The van der Waals surface area contributed by atoms with Crippen LogP contribution in [0.3, 0.4) is 0 Å². The van der Waals surface area contributed by atoms with Gasteiger partial charge in [0.05, 0.1) is 11.6 Å². The Morgan fingerprint density at radius 1 is 1.32 bits per heavy atom. The maximum absolute atomic E-state index is 9.10. The van der Waals surface area contributed by atoms with E-state index >= 15 is 0 Å². The monoisotopic (exact) mass is 268 g/mol. The van der Waals surface area contributed by atoms with Gasteiger partial charge in [-0.3, -0.25) is 0 Å². The summed E-state index contributed by atoms with van der Waals surface area (Å²) in [5.41, 5.74) is 0.272. The molecule has 7 heteroatoms. The number of nitrogens with zero attached hydrogens (tertiary/aromatic N) is 2. The number of carboxylic acid groups (broad SMARTS) is 2. The molecule has 2 aliphatic rings. The largest absolute Gasteiger partial charge is 0.473 e. The van der Waals surface area contributed by atoms with Gasteiger partial charge >= 0.3 is 11.9 Å². The molecule has 0 spiro atoms. The number of piperidine rings is 1. The van der Waals surface area contributed by atoms with Crippen LogP contribution in [0.15, 0.2) is 10.6 Å². The number of aromatic nitrogens is 1. The predicted molar refractivity (Wildman–Crippen MR) is 63.9 cm³/mol. The number of aliphatic carboxylic acids is 2. The number of rotatable bonds is 1. The van der Waals surface area contributed by atoms with Gasteiger partial charge in [0.2, 0.25) is 5.89 Å². The van der Waals surface area contributed by atoms with Crippen LogP contribution in [0, 0.1) is 6.92 Å². The molecule has 0 aromatic carbocycles. The van der Waals surface area contributed by atoms with Gasteiger partial charge < -0.3 is 19.5 Å². The zero-order valence-electron chi connectivity index (χ0n) is 10.6. The minimum absolute atomic E-state index is 0.272. The molecule has 0 radical (unpaired) electrons. The maximum atomic E-state index is 9.10. The average Bonchev–Trinajstić information content (AvgIpc) is 3.04. The van der Waals surface area contributed by atoms with Crippen molar-refractivity contribution in [1.29, 1.82) is 0 Å². The minimum atomic E-state index is -1.82. The van der Waals surface area contributed by atoms with Gasteiger partial charge in [-0.05, 0) is 32.9 Å². The van der Waals surface area contributed by atoms with Gasteiger partial charge in [0.1, 0.15) is 5.76 Å². The van der Waals surface area contributed by atoms with E-state index in [0.717, 1.165) is 18.2 Å². The third kappa shape index (κ3) is 2.76. The van der Waals surface area contributed by atoms with Gasteiger partial charge in [-0.25, -0.2) is 14.6 Å². The van der Waals surface area contributed by atoms with E-state index in [-0.39, 0.29) is 5.41 Å². The number of hydrogen-bond donors (Lipinski definition) is 2. The number of oxazole rings is 1. The molecular weight excluding hydrogens is 252 g/mol. The van der Waals surface area contributed by atoms with Gasteiger partial charge in [-0.15, -0.1) is 0 Å². The van der Waals surface area contributed by atoms with E-state index < -0.39 is 11.9 Å². The molecule has 0 saturated carbocycles. The van der Waals surface area contributed by atoms with Crippen LogP contribution in [0.2, 0.25) is 0 Å². The summed E-state index contributed by atoms with van der Waals surface area (Å²) in [4.78, 5) is 25.1. The highest BCUT2D eigenvalue weighted by atomic mass is 16.4. The van der Waals surface area contributed by atoms with Gasteiger partial charge in [0.15, 0.2) is 0 Å². The van der Waals surface area contributed by atoms with Crippen LogP contribution in [0.5, 0.6) is 0 Å². The van der Waals surface area contributed by atoms with E-state index in [0.29, 0.717) is 0 Å². The van der Waals surface area contributed by atoms with Crippen molar-refractivity contribution in [2.45, 2.75) is 25.2 Å². The SMILES string of the molecule is Cc1cnc(C23CCN(CC2)C3)o1.O=C(O)C(=O)O. The summed E-state index contributed by atoms with van der Waals surface area (Å²) in [6.07, 6.45) is 4.30.